The molecule has 2 aromatic rings. The van der Waals surface area contributed by atoms with Crippen LogP contribution in [0, 0.1) is 5.92 Å². The number of unbranched alkanes of at least 4 members (excludes halogenated alkanes) is 2. The number of aromatic nitrogens is 1. The molecule has 0 bridgehead atoms. The third-order valence-electron chi connectivity index (χ3n) is 9.01. The lowest BCUT2D eigenvalue weighted by molar-refractivity contribution is -0.147. The van der Waals surface area contributed by atoms with Crippen LogP contribution in [0.15, 0.2) is 30.5 Å². The van der Waals surface area contributed by atoms with Gasteiger partial charge in [0.1, 0.15) is 23.9 Å². The first kappa shape index (κ1) is 32.9. The minimum absolute atomic E-state index is 0.171. The normalized spacial score (nSPS) is 23.9. The predicted octanol–water partition coefficient (Wildman–Crippen LogP) is 3.18. The number of nitrogens with one attached hydrogen (secondary N) is 4. The number of ketones is 2. The molecule has 3 heterocycles. The van der Waals surface area contributed by atoms with Gasteiger partial charge in [0.15, 0.2) is 11.8 Å². The molecule has 4 N–H and O–H groups in total. The van der Waals surface area contributed by atoms with Crippen molar-refractivity contribution in [3.8, 4) is 0 Å². The minimum atomic E-state index is -1.63. The highest BCUT2D eigenvalue weighted by molar-refractivity contribution is 6.20. The smallest absolute Gasteiger partial charge is 0.251 e. The number of Topliss-reactive ketones (excluding diaryl/α,β-unsaturated/α-hetero) is 2. The first-order valence-corrected chi connectivity index (χ1v) is 16.0. The average Bonchev–Trinajstić information content (AvgIpc) is 3.47. The second-order valence-corrected chi connectivity index (χ2v) is 12.0. The zero-order valence-corrected chi connectivity index (χ0v) is 25.9. The van der Waals surface area contributed by atoms with Gasteiger partial charge in [0.05, 0.1) is 0 Å². The van der Waals surface area contributed by atoms with Gasteiger partial charge in [-0.25, -0.2) is 0 Å². The molecule has 5 atom stereocenters. The number of fused-ring (bicyclic) bond motifs is 2. The summed E-state index contributed by atoms with van der Waals surface area (Å²) in [7, 11) is 0. The molecule has 0 unspecified atom stereocenters. The number of hydrogen-bond donors (Lipinski definition) is 4. The molecule has 4 amide bonds. The van der Waals surface area contributed by atoms with Crippen LogP contribution >= 0.6 is 0 Å². The average molecular weight is 608 g/mol. The number of piperidine rings is 1. The summed E-state index contributed by atoms with van der Waals surface area (Å²) in [5, 5.41) is 8.88. The van der Waals surface area contributed by atoms with Crippen LogP contribution in [0.5, 0.6) is 0 Å². The van der Waals surface area contributed by atoms with Gasteiger partial charge in [-0.1, -0.05) is 58.2 Å². The molecule has 4 rings (SSSR count). The number of carbonyl (C=O) groups is 6. The number of amides is 4. The van der Waals surface area contributed by atoms with Crippen LogP contribution in [0.4, 0.5) is 0 Å². The zero-order chi connectivity index (χ0) is 31.8. The summed E-state index contributed by atoms with van der Waals surface area (Å²) in [4.78, 5) is 85.5. The number of nitrogens with zero attached hydrogens (tertiary/aromatic N) is 1. The summed E-state index contributed by atoms with van der Waals surface area (Å²) in [6.45, 7) is 5.92. The largest absolute Gasteiger partial charge is 0.360 e. The van der Waals surface area contributed by atoms with Crippen LogP contribution < -0.4 is 16.0 Å². The molecule has 44 heavy (non-hydrogen) atoms. The summed E-state index contributed by atoms with van der Waals surface area (Å²) in [5.74, 6) is -2.95. The Morgan fingerprint density at radius 3 is 2.45 bits per heavy atom. The highest BCUT2D eigenvalue weighted by atomic mass is 16.2. The summed E-state index contributed by atoms with van der Waals surface area (Å²) in [6.07, 6.45) is 7.08. The highest BCUT2D eigenvalue weighted by Gasteiger charge is 2.42. The second-order valence-electron chi connectivity index (χ2n) is 12.0. The summed E-state index contributed by atoms with van der Waals surface area (Å²) in [6, 6.07) is 2.76. The van der Waals surface area contributed by atoms with Crippen LogP contribution in [0.2, 0.25) is 0 Å². The standard InChI is InChI=1S/C33H45N5O6/c1-4-20(3)27-33(44)38-18-12-11-17-26(38)31(42)35-25(16-8-6-7-13-21(39)5-2)30(41)37-28(32(43)36-27)29(40)23-19-34-24-15-10-9-14-22(23)24/h9-10,14-15,19-20,25-28,34H,4-8,11-13,16-18H2,1-3H3,(H,35,42)(H,36,43)(H,37,41)/t20-,25-,26+,27-,28-/m0/s1. The fraction of sp³-hybridized carbons (Fsp3) is 0.576. The molecular weight excluding hydrogens is 562 g/mol. The quantitative estimate of drug-likeness (QED) is 0.175. The van der Waals surface area contributed by atoms with E-state index in [1.807, 2.05) is 26.8 Å². The van der Waals surface area contributed by atoms with Crippen LogP contribution in [-0.2, 0) is 24.0 Å². The predicted molar refractivity (Wildman–Crippen MR) is 166 cm³/mol. The van der Waals surface area contributed by atoms with E-state index < -0.39 is 47.7 Å². The molecule has 11 heteroatoms. The van der Waals surface area contributed by atoms with E-state index in [2.05, 4.69) is 20.9 Å². The zero-order valence-electron chi connectivity index (χ0n) is 25.9. The molecular formula is C33H45N5O6. The molecule has 0 radical (unpaired) electrons. The van der Waals surface area contributed by atoms with Gasteiger partial charge in [-0.15, -0.1) is 0 Å². The lowest BCUT2D eigenvalue weighted by atomic mass is 9.93. The van der Waals surface area contributed by atoms with Gasteiger partial charge in [0.25, 0.3) is 5.91 Å². The van der Waals surface area contributed by atoms with Gasteiger partial charge in [-0.2, -0.15) is 0 Å². The Balaban J connectivity index is 1.67. The maximum Gasteiger partial charge on any atom is 0.251 e. The van der Waals surface area contributed by atoms with E-state index in [1.54, 1.807) is 18.2 Å². The molecule has 2 aliphatic heterocycles. The Hall–Kier alpha value is -4.02. The summed E-state index contributed by atoms with van der Waals surface area (Å²) in [5.41, 5.74) is 0.933. The van der Waals surface area contributed by atoms with Crippen LogP contribution in [0.25, 0.3) is 10.9 Å². The molecule has 0 aliphatic carbocycles. The van der Waals surface area contributed by atoms with E-state index in [1.165, 1.54) is 11.1 Å². The number of aromatic amines is 1. The van der Waals surface area contributed by atoms with Gasteiger partial charge in [0, 0.05) is 42.0 Å². The molecule has 238 valence electrons. The van der Waals surface area contributed by atoms with E-state index in [9.17, 15) is 28.8 Å². The number of rotatable bonds is 11. The van der Waals surface area contributed by atoms with Crippen LogP contribution in [-0.4, -0.2) is 75.8 Å². The van der Waals surface area contributed by atoms with Crippen molar-refractivity contribution in [1.82, 2.24) is 25.8 Å². The molecule has 0 spiro atoms. The van der Waals surface area contributed by atoms with Gasteiger partial charge in [0.2, 0.25) is 17.7 Å². The number of H-pyrrole nitrogens is 1. The van der Waals surface area contributed by atoms with Gasteiger partial charge >= 0.3 is 0 Å². The first-order chi connectivity index (χ1) is 21.2. The number of hydrogen-bond acceptors (Lipinski definition) is 6. The van der Waals surface area contributed by atoms with Crippen LogP contribution in [0.3, 0.4) is 0 Å². The van der Waals surface area contributed by atoms with Crippen molar-refractivity contribution in [2.45, 2.75) is 109 Å². The first-order valence-electron chi connectivity index (χ1n) is 16.0. The number of para-hydroxylation sites is 1. The third-order valence-corrected chi connectivity index (χ3v) is 9.01. The summed E-state index contributed by atoms with van der Waals surface area (Å²) < 4.78 is 0. The van der Waals surface area contributed by atoms with Crippen molar-refractivity contribution >= 4 is 46.1 Å². The fourth-order valence-electron chi connectivity index (χ4n) is 6.05. The van der Waals surface area contributed by atoms with Crippen molar-refractivity contribution in [2.75, 3.05) is 6.54 Å². The van der Waals surface area contributed by atoms with Crippen molar-refractivity contribution in [1.29, 1.82) is 0 Å². The van der Waals surface area contributed by atoms with E-state index in [4.69, 9.17) is 0 Å². The molecule has 2 aliphatic rings. The van der Waals surface area contributed by atoms with Crippen molar-refractivity contribution in [2.24, 2.45) is 5.92 Å². The Kier molecular flexibility index (Phi) is 11.3. The van der Waals surface area contributed by atoms with E-state index in [0.29, 0.717) is 62.4 Å². The molecule has 1 aromatic carbocycles. The van der Waals surface area contributed by atoms with Gasteiger partial charge < -0.3 is 25.8 Å². The minimum Gasteiger partial charge on any atom is -0.360 e. The molecule has 2 fully saturated rings. The van der Waals surface area contributed by atoms with E-state index >= 15 is 0 Å². The molecule has 1 aromatic heterocycles. The van der Waals surface area contributed by atoms with Gasteiger partial charge in [-0.05, 0) is 44.1 Å². The Bertz CT molecular complexity index is 1390. The Labute approximate surface area is 258 Å². The van der Waals surface area contributed by atoms with E-state index in [-0.39, 0.29) is 29.6 Å². The van der Waals surface area contributed by atoms with Crippen molar-refractivity contribution in [3.63, 3.8) is 0 Å². The van der Waals surface area contributed by atoms with Crippen LogP contribution in [0.1, 0.15) is 95.3 Å². The highest BCUT2D eigenvalue weighted by Crippen LogP contribution is 2.23. The maximum absolute atomic E-state index is 14.0. The van der Waals surface area contributed by atoms with Gasteiger partial charge in [-0.3, -0.25) is 28.8 Å². The third kappa shape index (κ3) is 7.54. The molecule has 11 nitrogen and oxygen atoms in total. The molecule has 0 saturated carbocycles. The molecule has 2 saturated heterocycles. The Morgan fingerprint density at radius 2 is 1.70 bits per heavy atom. The number of benzene rings is 1. The second kappa shape index (κ2) is 15.1. The monoisotopic (exact) mass is 607 g/mol. The lowest BCUT2D eigenvalue weighted by Gasteiger charge is -2.39. The SMILES string of the molecule is CCC(=O)CCCCC[C@@H]1NC(=O)[C@H]2CCCCN2C(=O)[C@H]([C@@H](C)CC)NC(=O)[C@H](C(=O)c2c[nH]c3ccccc23)NC1=O. The lowest BCUT2D eigenvalue weighted by Crippen LogP contribution is -2.65. The number of carbonyl (C=O) groups excluding carboxylic acids is 6. The maximum atomic E-state index is 14.0. The topological polar surface area (TPSA) is 158 Å². The van der Waals surface area contributed by atoms with Crippen molar-refractivity contribution in [3.05, 3.63) is 36.0 Å². The fourth-order valence-corrected chi connectivity index (χ4v) is 6.05. The summed E-state index contributed by atoms with van der Waals surface area (Å²) >= 11 is 0. The Morgan fingerprint density at radius 1 is 0.932 bits per heavy atom. The van der Waals surface area contributed by atoms with E-state index in [0.717, 1.165) is 12.8 Å². The van der Waals surface area contributed by atoms with Crippen molar-refractivity contribution < 1.29 is 28.8 Å².